The first kappa shape index (κ1) is 33.3. The van der Waals surface area contributed by atoms with Crippen molar-refractivity contribution in [2.24, 2.45) is 0 Å². The zero-order valence-electron chi connectivity index (χ0n) is 26.9. The van der Waals surface area contributed by atoms with E-state index in [0.29, 0.717) is 45.2 Å². The number of methoxy groups -OCH3 is 2. The lowest BCUT2D eigenvalue weighted by Crippen LogP contribution is -2.34. The Bertz CT molecular complexity index is 1820. The molecule has 0 bridgehead atoms. The second-order valence-corrected chi connectivity index (χ2v) is 11.4. The number of carbonyl (C=O) groups is 2. The number of likely N-dealkylation sites (N-methyl/N-ethyl adjacent to an activating group) is 2. The van der Waals surface area contributed by atoms with E-state index in [2.05, 4.69) is 25.5 Å². The number of nitrogens with zero attached hydrogens (tertiary/aromatic N) is 5. The van der Waals surface area contributed by atoms with Gasteiger partial charge in [-0.3, -0.25) is 9.69 Å². The Hall–Kier alpha value is -5.11. The van der Waals surface area contributed by atoms with Crippen molar-refractivity contribution < 1.29 is 32.2 Å². The molecule has 1 atom stereocenters. The predicted molar refractivity (Wildman–Crippen MR) is 175 cm³/mol. The number of nitrogens with one attached hydrogen (secondary N) is 2. The van der Waals surface area contributed by atoms with Crippen LogP contribution in [0.4, 0.5) is 40.8 Å². The predicted octanol–water partition coefficient (Wildman–Crippen LogP) is 6.04. The number of amides is 3. The Balaban J connectivity index is 1.40. The number of rotatable bonds is 8. The van der Waals surface area contributed by atoms with Crippen molar-refractivity contribution >= 4 is 45.7 Å². The van der Waals surface area contributed by atoms with E-state index in [1.807, 2.05) is 19.0 Å². The lowest BCUT2D eigenvalue weighted by Gasteiger charge is -2.29. The van der Waals surface area contributed by atoms with Crippen LogP contribution < -0.4 is 29.9 Å². The molecule has 1 unspecified atom stereocenters. The number of alkyl halides is 3. The molecule has 0 spiro atoms. The summed E-state index contributed by atoms with van der Waals surface area (Å²) >= 11 is 0. The van der Waals surface area contributed by atoms with Crippen molar-refractivity contribution in [3.63, 3.8) is 0 Å². The highest BCUT2D eigenvalue weighted by atomic mass is 19.4. The van der Waals surface area contributed by atoms with E-state index in [4.69, 9.17) is 9.47 Å². The summed E-state index contributed by atoms with van der Waals surface area (Å²) in [6.07, 6.45) is -2.43. The van der Waals surface area contributed by atoms with Crippen LogP contribution in [-0.2, 0) is 6.18 Å². The molecule has 1 aromatic heterocycles. The minimum atomic E-state index is -4.59. The van der Waals surface area contributed by atoms with Crippen LogP contribution in [0.15, 0.2) is 54.9 Å². The van der Waals surface area contributed by atoms with Crippen LogP contribution in [-0.4, -0.2) is 81.3 Å². The first-order valence-corrected chi connectivity index (χ1v) is 14.8. The van der Waals surface area contributed by atoms with Gasteiger partial charge in [0.15, 0.2) is 11.5 Å². The lowest BCUT2D eigenvalue weighted by atomic mass is 10.1. The molecule has 0 radical (unpaired) electrons. The number of fused-ring (bicyclic) bond motifs is 1. The molecule has 5 rings (SSSR count). The maximum absolute atomic E-state index is 13.7. The number of hydrogen-bond acceptors (Lipinski definition) is 8. The van der Waals surface area contributed by atoms with E-state index in [0.717, 1.165) is 31.6 Å². The van der Waals surface area contributed by atoms with Gasteiger partial charge in [-0.25, -0.2) is 14.8 Å². The summed E-state index contributed by atoms with van der Waals surface area (Å²) in [5.41, 5.74) is 1.30. The van der Waals surface area contributed by atoms with Crippen LogP contribution in [0.1, 0.15) is 27.9 Å². The van der Waals surface area contributed by atoms with Gasteiger partial charge in [-0.05, 0) is 68.9 Å². The Morgan fingerprint density at radius 2 is 1.68 bits per heavy atom. The highest BCUT2D eigenvalue weighted by molar-refractivity contribution is 6.09. The third-order valence-electron chi connectivity index (χ3n) is 8.35. The molecule has 0 aliphatic carbocycles. The molecule has 3 aromatic carbocycles. The van der Waals surface area contributed by atoms with E-state index < -0.39 is 23.7 Å². The van der Waals surface area contributed by atoms with Crippen LogP contribution in [0.3, 0.4) is 0 Å². The Kier molecular flexibility index (Phi) is 9.43. The highest BCUT2D eigenvalue weighted by Crippen LogP contribution is 2.37. The first-order valence-electron chi connectivity index (χ1n) is 14.8. The number of aryl methyl sites for hydroxylation is 1. The van der Waals surface area contributed by atoms with E-state index >= 15 is 0 Å². The van der Waals surface area contributed by atoms with Gasteiger partial charge in [0, 0.05) is 49.4 Å². The average molecular weight is 652 g/mol. The number of anilines is 4. The number of ether oxygens (including phenoxy) is 2. The summed E-state index contributed by atoms with van der Waals surface area (Å²) in [5.74, 6) is 0.575. The van der Waals surface area contributed by atoms with E-state index in [-0.39, 0.29) is 17.3 Å². The smallest absolute Gasteiger partial charge is 0.416 e. The van der Waals surface area contributed by atoms with Crippen molar-refractivity contribution in [2.45, 2.75) is 25.6 Å². The molecular weight excluding hydrogens is 615 g/mol. The van der Waals surface area contributed by atoms with Gasteiger partial charge in [-0.2, -0.15) is 13.2 Å². The van der Waals surface area contributed by atoms with Gasteiger partial charge in [0.25, 0.3) is 5.91 Å². The summed E-state index contributed by atoms with van der Waals surface area (Å²) in [6, 6.07) is 10.9. The normalized spacial score (nSPS) is 15.0. The third kappa shape index (κ3) is 7.02. The number of aromatic nitrogens is 2. The second kappa shape index (κ2) is 13.3. The number of benzene rings is 3. The molecule has 14 heteroatoms. The van der Waals surface area contributed by atoms with Crippen LogP contribution in [0.25, 0.3) is 10.9 Å². The SMILES string of the molecule is COc1cc2ncnc(N(C)C(=O)Nc3cc(C(=O)Nc4cc(C(F)(F)F)ccc4N(C)C4CCN(C)C4)ccc3C)c2cc1OC. The van der Waals surface area contributed by atoms with Gasteiger partial charge in [0.05, 0.1) is 36.7 Å². The molecule has 4 aromatic rings. The molecule has 1 saturated heterocycles. The average Bonchev–Trinajstić information content (AvgIpc) is 3.49. The molecule has 248 valence electrons. The van der Waals surface area contributed by atoms with E-state index in [9.17, 15) is 22.8 Å². The maximum atomic E-state index is 13.7. The number of hydrogen-bond donors (Lipinski definition) is 2. The summed E-state index contributed by atoms with van der Waals surface area (Å²) in [5, 5.41) is 6.04. The molecular formula is C33H36F3N7O4. The summed E-state index contributed by atoms with van der Waals surface area (Å²) in [4.78, 5) is 40.9. The van der Waals surface area contributed by atoms with Gasteiger partial charge in [-0.15, -0.1) is 0 Å². The summed E-state index contributed by atoms with van der Waals surface area (Å²) < 4.78 is 51.8. The Morgan fingerprint density at radius 3 is 2.34 bits per heavy atom. The van der Waals surface area contributed by atoms with Gasteiger partial charge >= 0.3 is 12.2 Å². The van der Waals surface area contributed by atoms with Crippen molar-refractivity contribution in [3.8, 4) is 11.5 Å². The van der Waals surface area contributed by atoms with Crippen molar-refractivity contribution in [1.82, 2.24) is 14.9 Å². The number of urea groups is 1. The zero-order valence-corrected chi connectivity index (χ0v) is 26.9. The van der Waals surface area contributed by atoms with Crippen molar-refractivity contribution in [1.29, 1.82) is 0 Å². The molecule has 47 heavy (non-hydrogen) atoms. The van der Waals surface area contributed by atoms with Gasteiger partial charge in [0.2, 0.25) is 0 Å². The quantitative estimate of drug-likeness (QED) is 0.238. The largest absolute Gasteiger partial charge is 0.493 e. The molecule has 1 aliphatic heterocycles. The fraction of sp³-hybridized carbons (Fsp3) is 0.333. The zero-order chi connectivity index (χ0) is 34.0. The number of likely N-dealkylation sites (tertiary alicyclic amines) is 1. The van der Waals surface area contributed by atoms with Gasteiger partial charge in [-0.1, -0.05) is 6.07 Å². The molecule has 0 saturated carbocycles. The molecule has 1 fully saturated rings. The van der Waals surface area contributed by atoms with E-state index in [1.54, 1.807) is 31.2 Å². The van der Waals surface area contributed by atoms with Gasteiger partial charge < -0.3 is 29.9 Å². The monoisotopic (exact) mass is 651 g/mol. The molecule has 3 amide bonds. The minimum absolute atomic E-state index is 0.0375. The van der Waals surface area contributed by atoms with Crippen molar-refractivity contribution in [3.05, 3.63) is 71.5 Å². The summed E-state index contributed by atoms with van der Waals surface area (Å²) in [7, 11) is 8.34. The molecule has 11 nitrogen and oxygen atoms in total. The molecule has 1 aliphatic rings. The number of carbonyl (C=O) groups excluding carboxylic acids is 2. The van der Waals surface area contributed by atoms with Crippen LogP contribution in [0, 0.1) is 6.92 Å². The van der Waals surface area contributed by atoms with Crippen LogP contribution in [0.5, 0.6) is 11.5 Å². The van der Waals surface area contributed by atoms with Gasteiger partial charge in [0.1, 0.15) is 12.1 Å². The van der Waals surface area contributed by atoms with Crippen molar-refractivity contribution in [2.75, 3.05) is 68.9 Å². The highest BCUT2D eigenvalue weighted by Gasteiger charge is 2.33. The standard InChI is InChI=1S/C33H36F3N7O4/c1-19-7-8-20(31(44)39-26-14-21(33(34,35)36)9-10-27(26)42(3)22-11-12-41(2)17-22)13-24(19)40-32(45)43(4)30-23-15-28(46-5)29(47-6)16-25(23)37-18-38-30/h7-10,13-16,18,22H,11-12,17H2,1-6H3,(H,39,44)(H,40,45). The number of halogens is 3. The third-order valence-corrected chi connectivity index (χ3v) is 8.35. The van der Waals surface area contributed by atoms with Crippen LogP contribution >= 0.6 is 0 Å². The first-order chi connectivity index (χ1) is 22.3. The van der Waals surface area contributed by atoms with E-state index in [1.165, 1.54) is 44.6 Å². The fourth-order valence-electron chi connectivity index (χ4n) is 5.57. The maximum Gasteiger partial charge on any atom is 0.416 e. The fourth-order valence-corrected chi connectivity index (χ4v) is 5.57. The lowest BCUT2D eigenvalue weighted by molar-refractivity contribution is -0.137. The summed E-state index contributed by atoms with van der Waals surface area (Å²) in [6.45, 7) is 3.36. The second-order valence-electron chi connectivity index (χ2n) is 11.4. The minimum Gasteiger partial charge on any atom is -0.493 e. The van der Waals surface area contributed by atoms with Crippen LogP contribution in [0.2, 0.25) is 0 Å². The molecule has 2 N–H and O–H groups in total. The topological polar surface area (TPSA) is 112 Å². The Labute approximate surface area is 270 Å². The Morgan fingerprint density at radius 1 is 0.957 bits per heavy atom. The molecule has 2 heterocycles.